The van der Waals surface area contributed by atoms with Gasteiger partial charge in [-0.3, -0.25) is 4.79 Å². The highest BCUT2D eigenvalue weighted by Gasteiger charge is 2.30. The molecule has 1 aliphatic carbocycles. The van der Waals surface area contributed by atoms with Crippen LogP contribution in [0.5, 0.6) is 5.75 Å². The molecular weight excluding hydrogens is 309 g/mol. The van der Waals surface area contributed by atoms with Crippen molar-refractivity contribution >= 4 is 11.4 Å². The Morgan fingerprint density at radius 3 is 2.88 bits per heavy atom. The first-order valence-corrected chi connectivity index (χ1v) is 7.87. The van der Waals surface area contributed by atoms with Gasteiger partial charge in [-0.05, 0) is 43.2 Å². The summed E-state index contributed by atoms with van der Waals surface area (Å²) in [5.41, 5.74) is 2.03. The summed E-state index contributed by atoms with van der Waals surface area (Å²) in [5.74, 6) is 0.652. The zero-order valence-corrected chi connectivity index (χ0v) is 13.2. The van der Waals surface area contributed by atoms with Gasteiger partial charge in [0.1, 0.15) is 5.78 Å². The molecule has 0 bridgehead atoms. The summed E-state index contributed by atoms with van der Waals surface area (Å²) >= 11 is 0. The lowest BCUT2D eigenvalue weighted by atomic mass is 10.1. The molecule has 5 nitrogen and oxygen atoms in total. The Balaban J connectivity index is 1.73. The second-order valence-electron chi connectivity index (χ2n) is 5.98. The number of Topliss-reactive ketones (excluding diaryl/α,β-unsaturated/α-hetero) is 1. The summed E-state index contributed by atoms with van der Waals surface area (Å²) in [6, 6.07) is 10.3. The fourth-order valence-electron chi connectivity index (χ4n) is 2.77. The molecule has 0 unspecified atom stereocenters. The Morgan fingerprint density at radius 1 is 1.33 bits per heavy atom. The number of ether oxygens (including phenoxy) is 1. The van der Waals surface area contributed by atoms with Crippen molar-refractivity contribution in [3.63, 3.8) is 0 Å². The summed E-state index contributed by atoms with van der Waals surface area (Å²) < 4.78 is 20.6. The minimum Gasteiger partial charge on any atom is -0.494 e. The van der Waals surface area contributed by atoms with Gasteiger partial charge in [-0.15, -0.1) is 0 Å². The Labute approximate surface area is 138 Å². The number of hydrogen-bond donors (Lipinski definition) is 0. The van der Waals surface area contributed by atoms with Gasteiger partial charge in [0, 0.05) is 11.5 Å². The Bertz CT molecular complexity index is 931. The molecule has 4 rings (SSSR count). The highest BCUT2D eigenvalue weighted by molar-refractivity contribution is 5.84. The number of carbonyl (C=O) groups excluding carboxylic acids is 1. The Morgan fingerprint density at radius 2 is 2.17 bits per heavy atom. The third kappa shape index (κ3) is 2.64. The van der Waals surface area contributed by atoms with E-state index in [2.05, 4.69) is 10.1 Å². The van der Waals surface area contributed by atoms with Crippen LogP contribution in [0.3, 0.4) is 0 Å². The largest absolute Gasteiger partial charge is 0.494 e. The van der Waals surface area contributed by atoms with Crippen molar-refractivity contribution in [1.82, 2.24) is 14.6 Å². The standard InChI is InChI=1S/C18H16FN3O2/c1-24-16-8-7-12(9-13(16)19)14-3-2-4-18-20-17(21-22(14)18)10-15(23)11-5-6-11/h2-4,7-9,11H,5-6,10H2,1H3. The molecule has 0 spiro atoms. The van der Waals surface area contributed by atoms with Crippen molar-refractivity contribution in [3.8, 4) is 17.0 Å². The normalized spacial score (nSPS) is 14.1. The lowest BCUT2D eigenvalue weighted by Crippen LogP contribution is -2.06. The third-order valence-electron chi connectivity index (χ3n) is 4.22. The zero-order chi connectivity index (χ0) is 16.7. The fraction of sp³-hybridized carbons (Fsp3) is 0.278. The van der Waals surface area contributed by atoms with E-state index in [1.165, 1.54) is 13.2 Å². The van der Waals surface area contributed by atoms with Gasteiger partial charge in [-0.25, -0.2) is 13.9 Å². The van der Waals surface area contributed by atoms with Gasteiger partial charge in [-0.2, -0.15) is 5.10 Å². The van der Waals surface area contributed by atoms with Crippen molar-refractivity contribution in [2.75, 3.05) is 7.11 Å². The number of hydrogen-bond acceptors (Lipinski definition) is 4. The number of halogens is 1. The maximum Gasteiger partial charge on any atom is 0.165 e. The first-order chi connectivity index (χ1) is 11.7. The molecule has 3 aromatic rings. The number of methoxy groups -OCH3 is 1. The van der Waals surface area contributed by atoms with Gasteiger partial charge in [-0.1, -0.05) is 6.07 Å². The SMILES string of the molecule is COc1ccc(-c2cccc3nc(CC(=O)C4CC4)nn23)cc1F. The highest BCUT2D eigenvalue weighted by Crippen LogP contribution is 2.31. The van der Waals surface area contributed by atoms with Crippen LogP contribution in [-0.4, -0.2) is 27.5 Å². The van der Waals surface area contributed by atoms with Crippen molar-refractivity contribution in [2.24, 2.45) is 5.92 Å². The Kier molecular flexibility index (Phi) is 3.52. The summed E-state index contributed by atoms with van der Waals surface area (Å²) in [5, 5.41) is 4.44. The maximum atomic E-state index is 14.0. The van der Waals surface area contributed by atoms with Gasteiger partial charge in [0.2, 0.25) is 0 Å². The smallest absolute Gasteiger partial charge is 0.165 e. The molecule has 0 N–H and O–H groups in total. The summed E-state index contributed by atoms with van der Waals surface area (Å²) in [6.07, 6.45) is 2.20. The van der Waals surface area contributed by atoms with E-state index >= 15 is 0 Å². The second kappa shape index (κ2) is 5.70. The molecule has 122 valence electrons. The van der Waals surface area contributed by atoms with Gasteiger partial charge >= 0.3 is 0 Å². The van der Waals surface area contributed by atoms with Gasteiger partial charge in [0.05, 0.1) is 19.2 Å². The maximum absolute atomic E-state index is 14.0. The van der Waals surface area contributed by atoms with Crippen LogP contribution in [0.4, 0.5) is 4.39 Å². The molecular formula is C18H16FN3O2. The van der Waals surface area contributed by atoms with E-state index in [9.17, 15) is 9.18 Å². The van der Waals surface area contributed by atoms with Gasteiger partial charge in [0.15, 0.2) is 23.0 Å². The molecule has 24 heavy (non-hydrogen) atoms. The minimum atomic E-state index is -0.434. The number of fused-ring (bicyclic) bond motifs is 1. The van der Waals surface area contributed by atoms with E-state index in [4.69, 9.17) is 4.74 Å². The molecule has 1 saturated carbocycles. The predicted octanol–water partition coefficient (Wildman–Crippen LogP) is 3.07. The lowest BCUT2D eigenvalue weighted by Gasteiger charge is -2.06. The predicted molar refractivity (Wildman–Crippen MR) is 86.4 cm³/mol. The second-order valence-corrected chi connectivity index (χ2v) is 5.98. The van der Waals surface area contributed by atoms with Crippen LogP contribution >= 0.6 is 0 Å². The molecule has 0 radical (unpaired) electrons. The first-order valence-electron chi connectivity index (χ1n) is 7.87. The zero-order valence-electron chi connectivity index (χ0n) is 13.2. The van der Waals surface area contributed by atoms with Crippen LogP contribution in [0.15, 0.2) is 36.4 Å². The quantitative estimate of drug-likeness (QED) is 0.723. The number of rotatable bonds is 5. The molecule has 2 aromatic heterocycles. The van der Waals surface area contributed by atoms with Crippen LogP contribution < -0.4 is 4.74 Å². The Hall–Kier alpha value is -2.76. The summed E-state index contributed by atoms with van der Waals surface area (Å²) in [6.45, 7) is 0. The highest BCUT2D eigenvalue weighted by atomic mass is 19.1. The summed E-state index contributed by atoms with van der Waals surface area (Å²) in [7, 11) is 1.43. The number of nitrogens with zero attached hydrogens (tertiary/aromatic N) is 3. The molecule has 1 fully saturated rings. The lowest BCUT2D eigenvalue weighted by molar-refractivity contribution is -0.119. The van der Waals surface area contributed by atoms with E-state index in [0.717, 1.165) is 12.8 Å². The van der Waals surface area contributed by atoms with Crippen molar-refractivity contribution in [2.45, 2.75) is 19.3 Å². The van der Waals surface area contributed by atoms with E-state index in [1.54, 1.807) is 16.6 Å². The van der Waals surface area contributed by atoms with Crippen LogP contribution in [0.1, 0.15) is 18.7 Å². The van der Waals surface area contributed by atoms with E-state index in [0.29, 0.717) is 22.7 Å². The average Bonchev–Trinajstić information content (AvgIpc) is 3.35. The number of carbonyl (C=O) groups is 1. The van der Waals surface area contributed by atoms with Gasteiger partial charge in [0.25, 0.3) is 0 Å². The third-order valence-corrected chi connectivity index (χ3v) is 4.22. The molecule has 0 aliphatic heterocycles. The van der Waals surface area contributed by atoms with Crippen molar-refractivity contribution in [3.05, 3.63) is 48.0 Å². The molecule has 0 saturated heterocycles. The van der Waals surface area contributed by atoms with Crippen LogP contribution in [0.25, 0.3) is 16.9 Å². The summed E-state index contributed by atoms with van der Waals surface area (Å²) in [4.78, 5) is 16.4. The number of benzene rings is 1. The molecule has 6 heteroatoms. The van der Waals surface area contributed by atoms with Crippen molar-refractivity contribution < 1.29 is 13.9 Å². The van der Waals surface area contributed by atoms with Crippen LogP contribution in [0.2, 0.25) is 0 Å². The van der Waals surface area contributed by atoms with Crippen LogP contribution in [-0.2, 0) is 11.2 Å². The first kappa shape index (κ1) is 14.8. The van der Waals surface area contributed by atoms with E-state index in [-0.39, 0.29) is 23.9 Å². The molecule has 0 atom stereocenters. The number of aromatic nitrogens is 3. The van der Waals surface area contributed by atoms with Crippen molar-refractivity contribution in [1.29, 1.82) is 0 Å². The molecule has 1 aliphatic rings. The molecule has 0 amide bonds. The molecule has 1 aromatic carbocycles. The number of pyridine rings is 1. The monoisotopic (exact) mass is 325 g/mol. The van der Waals surface area contributed by atoms with E-state index in [1.807, 2.05) is 18.2 Å². The number of ketones is 1. The van der Waals surface area contributed by atoms with E-state index < -0.39 is 5.82 Å². The average molecular weight is 325 g/mol. The fourth-order valence-corrected chi connectivity index (χ4v) is 2.77. The minimum absolute atomic E-state index is 0.187. The molecule has 2 heterocycles. The van der Waals surface area contributed by atoms with Gasteiger partial charge < -0.3 is 4.74 Å². The van der Waals surface area contributed by atoms with Crippen LogP contribution in [0, 0.1) is 11.7 Å². The topological polar surface area (TPSA) is 56.5 Å².